The molecule has 0 amide bonds. The van der Waals surface area contributed by atoms with Crippen LogP contribution in [0.4, 0.5) is 5.69 Å². The maximum absolute atomic E-state index is 13.0. The van der Waals surface area contributed by atoms with Crippen molar-refractivity contribution in [2.24, 2.45) is 0 Å². The molecule has 11 heteroatoms. The molecule has 0 saturated heterocycles. The van der Waals surface area contributed by atoms with Crippen LogP contribution in [0.1, 0.15) is 4.88 Å². The molecule has 2 aromatic heterocycles. The third kappa shape index (κ3) is 2.96. The highest BCUT2D eigenvalue weighted by atomic mass is 32.1. The molecular weight excluding hydrogens is 458 g/mol. The summed E-state index contributed by atoms with van der Waals surface area (Å²) >= 11 is 2.71. The maximum atomic E-state index is 13.0. The van der Waals surface area contributed by atoms with E-state index >= 15 is 0 Å². The Labute approximate surface area is 190 Å². The van der Waals surface area contributed by atoms with Crippen LogP contribution in [0.2, 0.25) is 0 Å². The zero-order chi connectivity index (χ0) is 23.2. The van der Waals surface area contributed by atoms with Gasteiger partial charge in [0.05, 0.1) is 61.4 Å². The van der Waals surface area contributed by atoms with Crippen molar-refractivity contribution in [3.8, 4) is 11.1 Å². The van der Waals surface area contributed by atoms with E-state index in [-0.39, 0.29) is 16.8 Å². The third-order valence-electron chi connectivity index (χ3n) is 5.21. The number of rotatable bonds is 4. The van der Waals surface area contributed by atoms with Gasteiger partial charge in [-0.1, -0.05) is 0 Å². The molecule has 0 saturated carbocycles. The largest absolute Gasteiger partial charge is 0.467 e. The smallest absolute Gasteiger partial charge is 0.340 e. The lowest BCUT2D eigenvalue weighted by Gasteiger charge is -2.41. The summed E-state index contributed by atoms with van der Waals surface area (Å²) in [5, 5.41) is 5.53. The lowest BCUT2D eigenvalue weighted by molar-refractivity contribution is -0.145. The van der Waals surface area contributed by atoms with Gasteiger partial charge in [0.25, 0.3) is 0 Å². The molecule has 2 aromatic rings. The molecule has 9 nitrogen and oxygen atoms in total. The maximum Gasteiger partial charge on any atom is 0.340 e. The second kappa shape index (κ2) is 8.24. The van der Waals surface area contributed by atoms with Crippen LogP contribution in [0.15, 0.2) is 38.9 Å². The van der Waals surface area contributed by atoms with Gasteiger partial charge in [-0.2, -0.15) is 0 Å². The van der Waals surface area contributed by atoms with Crippen molar-refractivity contribution in [3.05, 3.63) is 43.8 Å². The Hall–Kier alpha value is -3.44. The number of esters is 4. The minimum atomic E-state index is -1.39. The number of thiophene rings is 2. The highest BCUT2D eigenvalue weighted by Gasteiger charge is 2.51. The van der Waals surface area contributed by atoms with Gasteiger partial charge in [-0.3, -0.25) is 0 Å². The first-order chi connectivity index (χ1) is 15.4. The quantitative estimate of drug-likeness (QED) is 0.486. The third-order valence-corrected chi connectivity index (χ3v) is 6.86. The molecule has 0 spiro atoms. The first kappa shape index (κ1) is 21.8. The van der Waals surface area contributed by atoms with Gasteiger partial charge in [0.15, 0.2) is 6.04 Å². The van der Waals surface area contributed by atoms with Gasteiger partial charge < -0.3 is 23.8 Å². The van der Waals surface area contributed by atoms with Crippen LogP contribution in [0.5, 0.6) is 0 Å². The predicted molar refractivity (Wildman–Crippen MR) is 116 cm³/mol. The second-order valence-corrected chi connectivity index (χ2v) is 8.28. The second-order valence-electron chi connectivity index (χ2n) is 6.62. The Kier molecular flexibility index (Phi) is 5.61. The summed E-state index contributed by atoms with van der Waals surface area (Å²) in [5.74, 6) is -3.64. The fourth-order valence-corrected chi connectivity index (χ4v) is 5.69. The molecule has 4 rings (SSSR count). The van der Waals surface area contributed by atoms with E-state index in [1.165, 1.54) is 34.7 Å². The summed E-state index contributed by atoms with van der Waals surface area (Å²) in [7, 11) is 4.55. The SMILES string of the molecule is COC(=O)C1=C(C(=O)OC)C(C(=O)OC)N2C(=C1C(=O)OC)c1sccc1-c1cscc12. The molecule has 1 unspecified atom stereocenters. The van der Waals surface area contributed by atoms with Crippen molar-refractivity contribution < 1.29 is 38.1 Å². The molecule has 2 aliphatic heterocycles. The van der Waals surface area contributed by atoms with Gasteiger partial charge in [0.1, 0.15) is 0 Å². The topological polar surface area (TPSA) is 108 Å². The van der Waals surface area contributed by atoms with Gasteiger partial charge in [-0.05, 0) is 11.4 Å². The summed E-state index contributed by atoms with van der Waals surface area (Å²) in [5.41, 5.74) is 1.53. The number of nitrogens with zero attached hydrogens (tertiary/aromatic N) is 1. The Bertz CT molecular complexity index is 1220. The van der Waals surface area contributed by atoms with E-state index < -0.39 is 35.5 Å². The van der Waals surface area contributed by atoms with Crippen molar-refractivity contribution in [1.29, 1.82) is 0 Å². The van der Waals surface area contributed by atoms with Gasteiger partial charge >= 0.3 is 23.9 Å². The van der Waals surface area contributed by atoms with E-state index in [0.717, 1.165) is 32.5 Å². The average molecular weight is 476 g/mol. The van der Waals surface area contributed by atoms with Crippen molar-refractivity contribution in [1.82, 2.24) is 0 Å². The monoisotopic (exact) mass is 475 g/mol. The number of fused-ring (bicyclic) bond motifs is 6. The highest BCUT2D eigenvalue weighted by Crippen LogP contribution is 2.53. The van der Waals surface area contributed by atoms with Crippen molar-refractivity contribution >= 4 is 57.9 Å². The molecule has 32 heavy (non-hydrogen) atoms. The molecule has 166 valence electrons. The molecule has 0 radical (unpaired) electrons. The number of anilines is 1. The Morgan fingerprint density at radius 3 is 2.12 bits per heavy atom. The van der Waals surface area contributed by atoms with Crippen molar-refractivity contribution in [3.63, 3.8) is 0 Å². The highest BCUT2D eigenvalue weighted by molar-refractivity contribution is 7.12. The number of ether oxygens (including phenoxy) is 4. The first-order valence-electron chi connectivity index (χ1n) is 9.16. The fourth-order valence-electron chi connectivity index (χ4n) is 3.91. The number of hydrogen-bond acceptors (Lipinski definition) is 11. The van der Waals surface area contributed by atoms with Crippen LogP contribution in [0.3, 0.4) is 0 Å². The minimum absolute atomic E-state index is 0.194. The van der Waals surface area contributed by atoms with Crippen molar-refractivity contribution in [2.75, 3.05) is 33.3 Å². The first-order valence-corrected chi connectivity index (χ1v) is 11.0. The van der Waals surface area contributed by atoms with Crippen LogP contribution >= 0.6 is 22.7 Å². The molecule has 1 atom stereocenters. The van der Waals surface area contributed by atoms with Crippen LogP contribution in [-0.4, -0.2) is 58.4 Å². The van der Waals surface area contributed by atoms with Gasteiger partial charge in [-0.15, -0.1) is 22.7 Å². The van der Waals surface area contributed by atoms with Crippen LogP contribution < -0.4 is 4.90 Å². The van der Waals surface area contributed by atoms with Gasteiger partial charge in [0.2, 0.25) is 0 Å². The fraction of sp³-hybridized carbons (Fsp3) is 0.238. The molecule has 0 bridgehead atoms. The molecular formula is C21H17NO8S2. The van der Waals surface area contributed by atoms with Gasteiger partial charge in [-0.25, -0.2) is 19.2 Å². The Balaban J connectivity index is 2.21. The van der Waals surface area contributed by atoms with E-state index in [1.807, 2.05) is 16.8 Å². The average Bonchev–Trinajstić information content (AvgIpc) is 3.49. The molecule has 2 aliphatic rings. The summed E-state index contributed by atoms with van der Waals surface area (Å²) in [6.07, 6.45) is 0. The number of hydrogen-bond donors (Lipinski definition) is 0. The number of methoxy groups -OCH3 is 4. The predicted octanol–water partition coefficient (Wildman–Crippen LogP) is 2.38. The lowest BCUT2D eigenvalue weighted by Crippen LogP contribution is -2.50. The van der Waals surface area contributed by atoms with Crippen molar-refractivity contribution in [2.45, 2.75) is 6.04 Å². The summed E-state index contributed by atoms with van der Waals surface area (Å²) in [4.78, 5) is 54.1. The lowest BCUT2D eigenvalue weighted by atomic mass is 9.83. The zero-order valence-electron chi connectivity index (χ0n) is 17.4. The molecule has 0 aliphatic carbocycles. The van der Waals surface area contributed by atoms with E-state index in [9.17, 15) is 19.2 Å². The molecule has 0 N–H and O–H groups in total. The summed E-state index contributed by atoms with van der Waals surface area (Å²) in [6, 6.07) is 0.489. The van der Waals surface area contributed by atoms with Crippen LogP contribution in [0, 0.1) is 0 Å². The van der Waals surface area contributed by atoms with Crippen LogP contribution in [0.25, 0.3) is 16.8 Å². The molecule has 0 fully saturated rings. The summed E-state index contributed by atoms with van der Waals surface area (Å²) < 4.78 is 19.8. The Morgan fingerprint density at radius 2 is 1.50 bits per heavy atom. The van der Waals surface area contributed by atoms with Crippen LogP contribution in [-0.2, 0) is 38.1 Å². The Morgan fingerprint density at radius 1 is 0.844 bits per heavy atom. The molecule has 0 aromatic carbocycles. The summed E-state index contributed by atoms with van der Waals surface area (Å²) in [6.45, 7) is 0. The van der Waals surface area contributed by atoms with E-state index in [1.54, 1.807) is 5.38 Å². The normalized spacial score (nSPS) is 16.6. The number of carbonyl (C=O) groups excluding carboxylic acids is 4. The minimum Gasteiger partial charge on any atom is -0.467 e. The zero-order valence-corrected chi connectivity index (χ0v) is 19.0. The number of carbonyl (C=O) groups is 4. The molecule has 4 heterocycles. The van der Waals surface area contributed by atoms with E-state index in [2.05, 4.69) is 0 Å². The van der Waals surface area contributed by atoms with E-state index in [0.29, 0.717) is 10.6 Å². The van der Waals surface area contributed by atoms with Gasteiger partial charge in [0, 0.05) is 21.9 Å². The van der Waals surface area contributed by atoms with E-state index in [4.69, 9.17) is 18.9 Å². The standard InChI is InChI=1S/C21H17NO8S2/c1-27-18(23)12-13(19(24)28-2)15-17-9(5-6-32-17)10-7-31-8-11(10)22(15)16(21(26)30-4)14(12)20(25)29-3/h5-8,16H,1-4H3.